The third-order valence-electron chi connectivity index (χ3n) is 2.36. The van der Waals surface area contributed by atoms with E-state index in [2.05, 4.69) is 15.3 Å². The summed E-state index contributed by atoms with van der Waals surface area (Å²) in [5, 5.41) is 13.4. The zero-order chi connectivity index (χ0) is 15.2. The highest BCUT2D eigenvalue weighted by atomic mass is 32.1. The predicted molar refractivity (Wildman–Crippen MR) is 74.7 cm³/mol. The molecule has 0 fully saturated rings. The van der Waals surface area contributed by atoms with E-state index in [-0.39, 0.29) is 5.69 Å². The van der Waals surface area contributed by atoms with Crippen molar-refractivity contribution in [2.45, 2.75) is 6.92 Å². The van der Waals surface area contributed by atoms with Crippen LogP contribution in [0.2, 0.25) is 0 Å². The van der Waals surface area contributed by atoms with Crippen LogP contribution < -0.4 is 5.32 Å². The van der Waals surface area contributed by atoms with Gasteiger partial charge >= 0.3 is 5.97 Å². The molecule has 0 atom stereocenters. The normalized spacial score (nSPS) is 9.71. The molecule has 2 rings (SSSR count). The van der Waals surface area contributed by atoms with E-state index in [4.69, 9.17) is 10.00 Å². The molecule has 0 radical (unpaired) electrons. The van der Waals surface area contributed by atoms with E-state index in [9.17, 15) is 9.59 Å². The molecule has 0 unspecified atom stereocenters. The first-order valence-electron chi connectivity index (χ1n) is 5.83. The summed E-state index contributed by atoms with van der Waals surface area (Å²) in [6.07, 6.45) is 2.71. The Kier molecular flexibility index (Phi) is 4.58. The maximum atomic E-state index is 11.6. The second-order valence-electron chi connectivity index (χ2n) is 3.94. The number of carbonyl (C=O) groups is 2. The van der Waals surface area contributed by atoms with Gasteiger partial charge in [-0.2, -0.15) is 5.26 Å². The Morgan fingerprint density at radius 1 is 1.43 bits per heavy atom. The number of rotatable bonds is 4. The summed E-state index contributed by atoms with van der Waals surface area (Å²) in [4.78, 5) is 31.0. The smallest absolute Gasteiger partial charge is 0.359 e. The number of esters is 1. The fraction of sp³-hybridized carbons (Fsp3) is 0.154. The zero-order valence-electron chi connectivity index (χ0n) is 11.0. The molecule has 0 aromatic carbocycles. The molecule has 8 heteroatoms. The van der Waals surface area contributed by atoms with Crippen molar-refractivity contribution in [3.05, 3.63) is 40.8 Å². The lowest BCUT2D eigenvalue weighted by atomic mass is 10.3. The number of nitriles is 1. The highest BCUT2D eigenvalue weighted by molar-refractivity contribution is 7.14. The van der Waals surface area contributed by atoms with E-state index < -0.39 is 18.5 Å². The van der Waals surface area contributed by atoms with Crippen LogP contribution in [0.1, 0.15) is 21.7 Å². The molecular formula is C13H10N4O3S. The summed E-state index contributed by atoms with van der Waals surface area (Å²) in [6, 6.07) is 3.54. The molecule has 1 N–H and O–H groups in total. The number of amides is 1. The van der Waals surface area contributed by atoms with Crippen molar-refractivity contribution in [3.63, 3.8) is 0 Å². The lowest BCUT2D eigenvalue weighted by Crippen LogP contribution is -2.21. The highest BCUT2D eigenvalue weighted by Gasteiger charge is 2.13. The Labute approximate surface area is 124 Å². The van der Waals surface area contributed by atoms with Crippen LogP contribution in [0.3, 0.4) is 0 Å². The Hall–Kier alpha value is -2.79. The molecule has 7 nitrogen and oxygen atoms in total. The van der Waals surface area contributed by atoms with Gasteiger partial charge in [0.2, 0.25) is 0 Å². The van der Waals surface area contributed by atoms with E-state index in [0.29, 0.717) is 16.3 Å². The van der Waals surface area contributed by atoms with Crippen LogP contribution >= 0.6 is 11.3 Å². The summed E-state index contributed by atoms with van der Waals surface area (Å²) in [7, 11) is 0. The molecule has 1 amide bonds. The zero-order valence-corrected chi connectivity index (χ0v) is 11.8. The van der Waals surface area contributed by atoms with Gasteiger partial charge < -0.3 is 10.1 Å². The van der Waals surface area contributed by atoms with Gasteiger partial charge in [-0.1, -0.05) is 0 Å². The van der Waals surface area contributed by atoms with Crippen molar-refractivity contribution in [1.82, 2.24) is 9.97 Å². The van der Waals surface area contributed by atoms with Crippen LogP contribution in [-0.4, -0.2) is 28.5 Å². The maximum Gasteiger partial charge on any atom is 0.359 e. The summed E-state index contributed by atoms with van der Waals surface area (Å²) >= 11 is 1.22. The lowest BCUT2D eigenvalue weighted by Gasteiger charge is -2.05. The summed E-state index contributed by atoms with van der Waals surface area (Å²) in [6.45, 7) is 1.28. The Morgan fingerprint density at radius 2 is 2.24 bits per heavy atom. The Balaban J connectivity index is 1.88. The van der Waals surface area contributed by atoms with Crippen LogP contribution in [-0.2, 0) is 9.53 Å². The number of nitrogens with one attached hydrogen (secondary N) is 1. The van der Waals surface area contributed by atoms with Crippen LogP contribution in [0.5, 0.6) is 0 Å². The lowest BCUT2D eigenvalue weighted by molar-refractivity contribution is -0.119. The number of aromatic nitrogens is 2. The third-order valence-corrected chi connectivity index (χ3v) is 3.19. The fourth-order valence-electron chi connectivity index (χ4n) is 1.36. The van der Waals surface area contributed by atoms with Crippen molar-refractivity contribution in [2.24, 2.45) is 0 Å². The van der Waals surface area contributed by atoms with Crippen LogP contribution in [0.25, 0.3) is 0 Å². The molecule has 0 aliphatic carbocycles. The van der Waals surface area contributed by atoms with Gasteiger partial charge in [0.25, 0.3) is 5.91 Å². The van der Waals surface area contributed by atoms with Gasteiger partial charge in [-0.05, 0) is 18.4 Å². The maximum absolute atomic E-state index is 11.6. The highest BCUT2D eigenvalue weighted by Crippen LogP contribution is 2.21. The van der Waals surface area contributed by atoms with Crippen LogP contribution in [0, 0.1) is 18.3 Å². The first kappa shape index (κ1) is 14.6. The number of hydrogen-bond donors (Lipinski definition) is 1. The molecule has 106 valence electrons. The van der Waals surface area contributed by atoms with Gasteiger partial charge in [-0.25, -0.2) is 9.78 Å². The first-order chi connectivity index (χ1) is 10.1. The molecule has 2 aromatic heterocycles. The minimum Gasteiger partial charge on any atom is -0.451 e. The average Bonchev–Trinajstić information content (AvgIpc) is 2.92. The minimum absolute atomic E-state index is 0.0298. The standard InChI is InChI=1S/C13H10N4O3S/c1-8-5-16-10(6-15-8)13(19)20-7-11(18)17-12-9(4-14)2-3-21-12/h2-3,5-6H,7H2,1H3,(H,17,18). The Bertz CT molecular complexity index is 703. The second kappa shape index (κ2) is 6.58. The largest absolute Gasteiger partial charge is 0.451 e. The third kappa shape index (κ3) is 3.84. The van der Waals surface area contributed by atoms with Crippen molar-refractivity contribution in [3.8, 4) is 6.07 Å². The number of thiophene rings is 1. The average molecular weight is 302 g/mol. The monoisotopic (exact) mass is 302 g/mol. The molecule has 0 spiro atoms. The first-order valence-corrected chi connectivity index (χ1v) is 6.71. The molecule has 0 bridgehead atoms. The van der Waals surface area contributed by atoms with Gasteiger partial charge in [0.05, 0.1) is 17.5 Å². The van der Waals surface area contributed by atoms with Crippen molar-refractivity contribution >= 4 is 28.2 Å². The van der Waals surface area contributed by atoms with E-state index in [1.54, 1.807) is 18.4 Å². The van der Waals surface area contributed by atoms with Gasteiger partial charge in [-0.3, -0.25) is 9.78 Å². The van der Waals surface area contributed by atoms with Gasteiger partial charge in [-0.15, -0.1) is 11.3 Å². The van der Waals surface area contributed by atoms with E-state index in [0.717, 1.165) is 0 Å². The quantitative estimate of drug-likeness (QED) is 0.858. The molecule has 2 aromatic rings. The molecule has 0 saturated carbocycles. The number of anilines is 1. The SMILES string of the molecule is Cc1cnc(C(=O)OCC(=O)Nc2sccc2C#N)cn1. The minimum atomic E-state index is -0.732. The van der Waals surface area contributed by atoms with E-state index in [1.165, 1.54) is 23.7 Å². The molecule has 21 heavy (non-hydrogen) atoms. The Morgan fingerprint density at radius 3 is 2.90 bits per heavy atom. The summed E-state index contributed by atoms with van der Waals surface area (Å²) < 4.78 is 4.82. The van der Waals surface area contributed by atoms with Crippen LogP contribution in [0.4, 0.5) is 5.00 Å². The summed E-state index contributed by atoms with van der Waals surface area (Å²) in [5.41, 5.74) is 1.07. The predicted octanol–water partition coefficient (Wildman–Crippen LogP) is 1.51. The molecule has 0 aliphatic rings. The summed E-state index contributed by atoms with van der Waals surface area (Å²) in [5.74, 6) is -1.26. The number of aryl methyl sites for hydroxylation is 1. The van der Waals surface area contributed by atoms with Crippen molar-refractivity contribution in [2.75, 3.05) is 11.9 Å². The fourth-order valence-corrected chi connectivity index (χ4v) is 2.11. The van der Waals surface area contributed by atoms with Crippen LogP contribution in [0.15, 0.2) is 23.8 Å². The molecule has 0 aliphatic heterocycles. The molecule has 0 saturated heterocycles. The van der Waals surface area contributed by atoms with Gasteiger partial charge in [0.15, 0.2) is 12.3 Å². The van der Waals surface area contributed by atoms with Crippen molar-refractivity contribution in [1.29, 1.82) is 5.26 Å². The second-order valence-corrected chi connectivity index (χ2v) is 4.86. The topological polar surface area (TPSA) is 105 Å². The van der Waals surface area contributed by atoms with Gasteiger partial charge in [0, 0.05) is 6.20 Å². The molecular weight excluding hydrogens is 292 g/mol. The number of nitrogens with zero attached hydrogens (tertiary/aromatic N) is 3. The number of hydrogen-bond acceptors (Lipinski definition) is 7. The number of carbonyl (C=O) groups excluding carboxylic acids is 2. The van der Waals surface area contributed by atoms with Gasteiger partial charge in [0.1, 0.15) is 11.1 Å². The van der Waals surface area contributed by atoms with E-state index >= 15 is 0 Å². The van der Waals surface area contributed by atoms with Crippen molar-refractivity contribution < 1.29 is 14.3 Å². The number of ether oxygens (including phenoxy) is 1. The van der Waals surface area contributed by atoms with E-state index in [1.807, 2.05) is 6.07 Å². The molecule has 2 heterocycles.